The van der Waals surface area contributed by atoms with Crippen LogP contribution in [0.2, 0.25) is 0 Å². The van der Waals surface area contributed by atoms with Gasteiger partial charge in [-0.2, -0.15) is 0 Å². The smallest absolute Gasteiger partial charge is 0.141 e. The number of anilines is 1. The Kier molecular flexibility index (Phi) is 3.17. The Morgan fingerprint density at radius 3 is 3.00 bits per heavy atom. The molecule has 0 saturated carbocycles. The average Bonchev–Trinajstić information content (AvgIpc) is 2.38. The number of halogens is 1. The SMILES string of the molecule is NC1Cc2ccccc2N(Cc2cncc(F)c2)C1. The Hall–Kier alpha value is -1.94. The average molecular weight is 257 g/mol. The number of pyridine rings is 1. The van der Waals surface area contributed by atoms with Crippen molar-refractivity contribution >= 4 is 5.69 Å². The summed E-state index contributed by atoms with van der Waals surface area (Å²) in [4.78, 5) is 6.09. The Labute approximate surface area is 111 Å². The molecular formula is C15H16FN3. The summed E-state index contributed by atoms with van der Waals surface area (Å²) in [7, 11) is 0. The van der Waals surface area contributed by atoms with Crippen molar-refractivity contribution in [2.24, 2.45) is 5.73 Å². The first-order valence-electron chi connectivity index (χ1n) is 6.40. The van der Waals surface area contributed by atoms with E-state index in [4.69, 9.17) is 5.73 Å². The van der Waals surface area contributed by atoms with E-state index in [9.17, 15) is 4.39 Å². The van der Waals surface area contributed by atoms with Crippen LogP contribution in [0.25, 0.3) is 0 Å². The van der Waals surface area contributed by atoms with Gasteiger partial charge in [-0.1, -0.05) is 18.2 Å². The summed E-state index contributed by atoms with van der Waals surface area (Å²) in [6, 6.07) is 9.89. The fraction of sp³-hybridized carbons (Fsp3) is 0.267. The first-order chi connectivity index (χ1) is 9.22. The lowest BCUT2D eigenvalue weighted by Crippen LogP contribution is -2.42. The van der Waals surface area contributed by atoms with Crippen LogP contribution in [0, 0.1) is 5.82 Å². The van der Waals surface area contributed by atoms with Crippen molar-refractivity contribution in [3.63, 3.8) is 0 Å². The lowest BCUT2D eigenvalue weighted by Gasteiger charge is -2.34. The van der Waals surface area contributed by atoms with E-state index in [2.05, 4.69) is 22.0 Å². The van der Waals surface area contributed by atoms with Gasteiger partial charge in [0.15, 0.2) is 0 Å². The van der Waals surface area contributed by atoms with Crippen LogP contribution in [0.4, 0.5) is 10.1 Å². The first kappa shape index (κ1) is 12.1. The summed E-state index contributed by atoms with van der Waals surface area (Å²) >= 11 is 0. The summed E-state index contributed by atoms with van der Waals surface area (Å²) in [6.45, 7) is 1.42. The van der Waals surface area contributed by atoms with Crippen LogP contribution < -0.4 is 10.6 Å². The van der Waals surface area contributed by atoms with Crippen molar-refractivity contribution < 1.29 is 4.39 Å². The molecule has 0 radical (unpaired) electrons. The molecule has 0 spiro atoms. The number of fused-ring (bicyclic) bond motifs is 1. The summed E-state index contributed by atoms with van der Waals surface area (Å²) in [5.41, 5.74) is 9.40. The first-order valence-corrected chi connectivity index (χ1v) is 6.40. The lowest BCUT2D eigenvalue weighted by atomic mass is 9.98. The molecule has 1 aromatic carbocycles. The molecule has 1 aliphatic heterocycles. The van der Waals surface area contributed by atoms with Gasteiger partial charge in [-0.3, -0.25) is 4.98 Å². The van der Waals surface area contributed by atoms with E-state index in [-0.39, 0.29) is 11.9 Å². The Morgan fingerprint density at radius 2 is 2.16 bits per heavy atom. The highest BCUT2D eigenvalue weighted by atomic mass is 19.1. The normalized spacial score (nSPS) is 18.2. The van der Waals surface area contributed by atoms with Crippen molar-refractivity contribution in [3.05, 3.63) is 59.7 Å². The number of rotatable bonds is 2. The van der Waals surface area contributed by atoms with E-state index in [1.807, 2.05) is 12.1 Å². The van der Waals surface area contributed by atoms with E-state index in [0.29, 0.717) is 6.54 Å². The minimum Gasteiger partial charge on any atom is -0.365 e. The molecular weight excluding hydrogens is 241 g/mol. The van der Waals surface area contributed by atoms with Gasteiger partial charge in [0.25, 0.3) is 0 Å². The zero-order valence-electron chi connectivity index (χ0n) is 10.6. The minimum absolute atomic E-state index is 0.122. The monoisotopic (exact) mass is 257 g/mol. The van der Waals surface area contributed by atoms with Crippen LogP contribution in [0.15, 0.2) is 42.7 Å². The van der Waals surface area contributed by atoms with Gasteiger partial charge < -0.3 is 10.6 Å². The number of benzene rings is 1. The summed E-state index contributed by atoms with van der Waals surface area (Å²) in [5, 5.41) is 0. The third-order valence-corrected chi connectivity index (χ3v) is 3.40. The van der Waals surface area contributed by atoms with Gasteiger partial charge in [0.1, 0.15) is 5.82 Å². The molecule has 4 heteroatoms. The van der Waals surface area contributed by atoms with Gasteiger partial charge >= 0.3 is 0 Å². The van der Waals surface area contributed by atoms with E-state index in [1.165, 1.54) is 23.5 Å². The maximum Gasteiger partial charge on any atom is 0.141 e. The van der Waals surface area contributed by atoms with Crippen molar-refractivity contribution in [2.75, 3.05) is 11.4 Å². The number of para-hydroxylation sites is 1. The molecule has 98 valence electrons. The Balaban J connectivity index is 1.89. The molecule has 3 rings (SSSR count). The van der Waals surface area contributed by atoms with Crippen LogP contribution in [0.3, 0.4) is 0 Å². The van der Waals surface area contributed by atoms with Gasteiger partial charge in [0, 0.05) is 31.0 Å². The molecule has 19 heavy (non-hydrogen) atoms. The number of nitrogens with zero attached hydrogens (tertiary/aromatic N) is 2. The predicted molar refractivity (Wildman–Crippen MR) is 73.4 cm³/mol. The molecule has 2 N–H and O–H groups in total. The second-order valence-corrected chi connectivity index (χ2v) is 4.98. The number of hydrogen-bond acceptors (Lipinski definition) is 3. The van der Waals surface area contributed by atoms with Crippen molar-refractivity contribution in [2.45, 2.75) is 19.0 Å². The largest absolute Gasteiger partial charge is 0.365 e. The second kappa shape index (κ2) is 4.97. The van der Waals surface area contributed by atoms with E-state index >= 15 is 0 Å². The van der Waals surface area contributed by atoms with Gasteiger partial charge in [-0.25, -0.2) is 4.39 Å². The fourth-order valence-electron chi connectivity index (χ4n) is 2.63. The summed E-state index contributed by atoms with van der Waals surface area (Å²) in [6.07, 6.45) is 3.82. The molecule has 3 nitrogen and oxygen atoms in total. The Morgan fingerprint density at radius 1 is 1.32 bits per heavy atom. The number of aromatic nitrogens is 1. The van der Waals surface area contributed by atoms with Gasteiger partial charge in [-0.15, -0.1) is 0 Å². The van der Waals surface area contributed by atoms with Crippen molar-refractivity contribution in [1.82, 2.24) is 4.98 Å². The van der Waals surface area contributed by atoms with Crippen LogP contribution in [-0.2, 0) is 13.0 Å². The highest BCUT2D eigenvalue weighted by Crippen LogP contribution is 2.27. The van der Waals surface area contributed by atoms with Crippen LogP contribution in [0.1, 0.15) is 11.1 Å². The number of hydrogen-bond donors (Lipinski definition) is 1. The maximum atomic E-state index is 13.2. The van der Waals surface area contributed by atoms with Crippen molar-refractivity contribution in [3.8, 4) is 0 Å². The van der Waals surface area contributed by atoms with Crippen molar-refractivity contribution in [1.29, 1.82) is 0 Å². The van der Waals surface area contributed by atoms with E-state index in [0.717, 1.165) is 18.5 Å². The highest BCUT2D eigenvalue weighted by molar-refractivity contribution is 5.56. The zero-order chi connectivity index (χ0) is 13.2. The standard InChI is InChI=1S/C15H16FN3/c16-13-5-11(7-18-8-13)9-19-10-14(17)6-12-3-1-2-4-15(12)19/h1-5,7-8,14H,6,9-10,17H2. The maximum absolute atomic E-state index is 13.2. The summed E-state index contributed by atoms with van der Waals surface area (Å²) < 4.78 is 13.2. The topological polar surface area (TPSA) is 42.1 Å². The van der Waals surface area contributed by atoms with E-state index in [1.54, 1.807) is 6.20 Å². The van der Waals surface area contributed by atoms with Crippen LogP contribution >= 0.6 is 0 Å². The van der Waals surface area contributed by atoms with Gasteiger partial charge in [0.2, 0.25) is 0 Å². The quantitative estimate of drug-likeness (QED) is 0.896. The lowest BCUT2D eigenvalue weighted by molar-refractivity contribution is 0.592. The zero-order valence-corrected chi connectivity index (χ0v) is 10.6. The molecule has 0 aliphatic carbocycles. The third-order valence-electron chi connectivity index (χ3n) is 3.40. The summed E-state index contributed by atoms with van der Waals surface area (Å²) in [5.74, 6) is -0.299. The molecule has 0 bridgehead atoms. The van der Waals surface area contributed by atoms with Crippen LogP contribution in [0.5, 0.6) is 0 Å². The van der Waals surface area contributed by atoms with Crippen LogP contribution in [-0.4, -0.2) is 17.6 Å². The van der Waals surface area contributed by atoms with Gasteiger partial charge in [-0.05, 0) is 29.7 Å². The number of nitrogens with two attached hydrogens (primary N) is 1. The molecule has 0 saturated heterocycles. The molecule has 1 atom stereocenters. The molecule has 0 fully saturated rings. The Bertz CT molecular complexity index is 585. The molecule has 1 aromatic heterocycles. The van der Waals surface area contributed by atoms with Gasteiger partial charge in [0.05, 0.1) is 6.20 Å². The molecule has 1 aliphatic rings. The third kappa shape index (κ3) is 2.58. The molecule has 2 heterocycles. The second-order valence-electron chi connectivity index (χ2n) is 4.98. The predicted octanol–water partition coefficient (Wildman–Crippen LogP) is 2.11. The molecule has 1 unspecified atom stereocenters. The molecule has 2 aromatic rings. The highest BCUT2D eigenvalue weighted by Gasteiger charge is 2.21. The fourth-order valence-corrected chi connectivity index (χ4v) is 2.63. The molecule has 0 amide bonds. The minimum atomic E-state index is -0.299. The van der Waals surface area contributed by atoms with E-state index < -0.39 is 0 Å².